The van der Waals surface area contributed by atoms with Crippen LogP contribution in [0.3, 0.4) is 0 Å². The molecule has 0 saturated carbocycles. The Bertz CT molecular complexity index is 1560. The number of phosphoric ester groups is 1. The Morgan fingerprint density at radius 3 is 1.01 bits per heavy atom. The number of carbonyl (C=O) groups is 2. The first-order valence-electron chi connectivity index (χ1n) is 36.3. The number of likely N-dealkylation sites (N-methyl/N-ethyl adjacent to an activating group) is 1. The second-order valence-corrected chi connectivity index (χ2v) is 27.3. The summed E-state index contributed by atoms with van der Waals surface area (Å²) in [5.41, 5.74) is 0. The van der Waals surface area contributed by atoms with Crippen LogP contribution in [-0.2, 0) is 32.7 Å². The third-order valence-corrected chi connectivity index (χ3v) is 17.3. The van der Waals surface area contributed by atoms with Crippen molar-refractivity contribution in [3.05, 3.63) is 48.6 Å². The van der Waals surface area contributed by atoms with Crippen molar-refractivity contribution in [3.63, 3.8) is 0 Å². The van der Waals surface area contributed by atoms with Gasteiger partial charge in [-0.25, -0.2) is 0 Å². The Hall–Kier alpha value is -2.03. The van der Waals surface area contributed by atoms with E-state index in [1.54, 1.807) is 0 Å². The van der Waals surface area contributed by atoms with Crippen molar-refractivity contribution in [2.75, 3.05) is 47.5 Å². The first kappa shape index (κ1) is 82.0. The predicted octanol–water partition coefficient (Wildman–Crippen LogP) is 23.0. The summed E-state index contributed by atoms with van der Waals surface area (Å²) in [6, 6.07) is 0. The summed E-state index contributed by atoms with van der Waals surface area (Å²) in [6.45, 7) is 4.17. The maximum Gasteiger partial charge on any atom is 0.306 e. The van der Waals surface area contributed by atoms with Crippen LogP contribution in [-0.4, -0.2) is 70.0 Å². The van der Waals surface area contributed by atoms with Crippen LogP contribution in [0, 0.1) is 0 Å². The number of unbranched alkanes of at least 4 members (excludes halogenated alkanes) is 46. The highest BCUT2D eigenvalue weighted by Gasteiger charge is 2.22. The first-order valence-corrected chi connectivity index (χ1v) is 37.8. The highest BCUT2D eigenvalue weighted by Crippen LogP contribution is 2.38. The molecule has 84 heavy (non-hydrogen) atoms. The second kappa shape index (κ2) is 65.4. The van der Waals surface area contributed by atoms with Gasteiger partial charge in [-0.3, -0.25) is 14.2 Å². The van der Waals surface area contributed by atoms with E-state index in [2.05, 4.69) is 62.5 Å². The van der Waals surface area contributed by atoms with Gasteiger partial charge in [0.25, 0.3) is 7.82 Å². The molecular formula is C74H140NO8P. The molecule has 2 atom stereocenters. The van der Waals surface area contributed by atoms with Crippen LogP contribution in [0.15, 0.2) is 48.6 Å². The zero-order chi connectivity index (χ0) is 61.2. The van der Waals surface area contributed by atoms with Crippen LogP contribution >= 0.6 is 7.82 Å². The van der Waals surface area contributed by atoms with Crippen molar-refractivity contribution in [1.82, 2.24) is 0 Å². The van der Waals surface area contributed by atoms with E-state index in [4.69, 9.17) is 18.5 Å². The Balaban J connectivity index is 3.89. The fourth-order valence-corrected chi connectivity index (χ4v) is 11.6. The average molecular weight is 1200 g/mol. The number of nitrogens with zero attached hydrogens (tertiary/aromatic N) is 1. The van der Waals surface area contributed by atoms with Crippen molar-refractivity contribution in [1.29, 1.82) is 0 Å². The summed E-state index contributed by atoms with van der Waals surface area (Å²) < 4.78 is 34.3. The van der Waals surface area contributed by atoms with Gasteiger partial charge in [0, 0.05) is 12.8 Å². The smallest absolute Gasteiger partial charge is 0.306 e. The van der Waals surface area contributed by atoms with E-state index in [0.29, 0.717) is 17.4 Å². The predicted molar refractivity (Wildman–Crippen MR) is 360 cm³/mol. The highest BCUT2D eigenvalue weighted by molar-refractivity contribution is 7.45. The van der Waals surface area contributed by atoms with E-state index in [0.717, 1.165) is 70.6 Å². The Labute approximate surface area is 522 Å². The second-order valence-electron chi connectivity index (χ2n) is 25.9. The lowest BCUT2D eigenvalue weighted by Gasteiger charge is -2.28. The van der Waals surface area contributed by atoms with E-state index in [1.807, 2.05) is 21.1 Å². The van der Waals surface area contributed by atoms with Crippen LogP contribution in [0.5, 0.6) is 0 Å². The molecule has 2 unspecified atom stereocenters. The SMILES string of the molecule is CC/C=C\C/C=C\C/C=C\C/C=C\CCCCCCCCCCC(=O)OC(COC(=O)CCCCCCCCCCCCCCCCCCCCCCCCCCCCCCCCCCCCCCCCC)COP(=O)([O-])OCC[N+](C)(C)C. The molecule has 0 heterocycles. The fourth-order valence-electron chi connectivity index (χ4n) is 10.8. The molecule has 0 radical (unpaired) electrons. The normalized spacial score (nSPS) is 13.4. The molecule has 0 aromatic rings. The highest BCUT2D eigenvalue weighted by atomic mass is 31.2. The fraction of sp³-hybridized carbons (Fsp3) is 0.865. The molecule has 0 aliphatic heterocycles. The lowest BCUT2D eigenvalue weighted by Crippen LogP contribution is -2.37. The van der Waals surface area contributed by atoms with Gasteiger partial charge in [-0.1, -0.05) is 345 Å². The number of quaternary nitrogens is 1. The number of hydrogen-bond donors (Lipinski definition) is 0. The minimum absolute atomic E-state index is 0.0322. The number of esters is 2. The molecule has 0 N–H and O–H groups in total. The summed E-state index contributed by atoms with van der Waals surface area (Å²) >= 11 is 0. The van der Waals surface area contributed by atoms with Gasteiger partial charge in [0.15, 0.2) is 6.10 Å². The molecule has 10 heteroatoms. The van der Waals surface area contributed by atoms with Crippen molar-refractivity contribution >= 4 is 19.8 Å². The van der Waals surface area contributed by atoms with Crippen LogP contribution in [0.1, 0.15) is 361 Å². The average Bonchev–Trinajstić information content (AvgIpc) is 3.61. The maximum atomic E-state index is 12.8. The summed E-state index contributed by atoms with van der Waals surface area (Å²) in [6.07, 6.45) is 85.1. The topological polar surface area (TPSA) is 111 Å². The van der Waals surface area contributed by atoms with Gasteiger partial charge in [-0.15, -0.1) is 0 Å². The molecule has 0 aromatic heterocycles. The molecule has 0 saturated heterocycles. The number of carbonyl (C=O) groups excluding carboxylic acids is 2. The molecule has 0 fully saturated rings. The van der Waals surface area contributed by atoms with Gasteiger partial charge >= 0.3 is 11.9 Å². The van der Waals surface area contributed by atoms with Gasteiger partial charge < -0.3 is 27.9 Å². The molecule has 9 nitrogen and oxygen atoms in total. The van der Waals surface area contributed by atoms with Gasteiger partial charge in [0.05, 0.1) is 27.7 Å². The number of hydrogen-bond acceptors (Lipinski definition) is 8. The monoisotopic (exact) mass is 1200 g/mol. The van der Waals surface area contributed by atoms with Gasteiger partial charge in [-0.2, -0.15) is 0 Å². The lowest BCUT2D eigenvalue weighted by molar-refractivity contribution is -0.870. The number of ether oxygens (including phenoxy) is 2. The van der Waals surface area contributed by atoms with Gasteiger partial charge in [0.1, 0.15) is 19.8 Å². The zero-order valence-corrected chi connectivity index (χ0v) is 57.3. The summed E-state index contributed by atoms with van der Waals surface area (Å²) in [5, 5.41) is 0. The Kier molecular flexibility index (Phi) is 63.8. The summed E-state index contributed by atoms with van der Waals surface area (Å²) in [4.78, 5) is 38.0. The van der Waals surface area contributed by atoms with Crippen molar-refractivity contribution in [2.24, 2.45) is 0 Å². The number of rotatable bonds is 68. The minimum Gasteiger partial charge on any atom is -0.756 e. The molecule has 494 valence electrons. The van der Waals surface area contributed by atoms with Crippen LogP contribution < -0.4 is 4.89 Å². The standard InChI is InChI=1S/C74H140NO8P/c1-6-8-10-12-14-16-18-20-22-24-26-28-29-30-31-32-33-34-35-36-37-38-39-40-41-42-43-44-45-47-48-50-52-54-56-58-60-62-64-66-73(76)80-70-72(71-82-84(78,79)81-69-68-75(3,4)5)83-74(77)67-65-63-61-59-57-55-53-51-49-46-27-25-23-21-19-17-15-13-11-9-7-2/h9,11,15,17,21,23,27,46,72H,6-8,10,12-14,16,18-20,22,24-26,28-45,47-71H2,1-5H3/b11-9-,17-15-,23-21-,46-27-. The molecule has 0 aliphatic rings. The maximum absolute atomic E-state index is 12.8. The first-order chi connectivity index (χ1) is 41.0. The van der Waals surface area contributed by atoms with E-state index < -0.39 is 26.5 Å². The molecule has 0 amide bonds. The third-order valence-electron chi connectivity index (χ3n) is 16.4. The van der Waals surface area contributed by atoms with Gasteiger partial charge in [-0.05, 0) is 51.4 Å². The largest absolute Gasteiger partial charge is 0.756 e. The van der Waals surface area contributed by atoms with E-state index in [-0.39, 0.29) is 32.0 Å². The van der Waals surface area contributed by atoms with E-state index in [1.165, 1.54) is 257 Å². The van der Waals surface area contributed by atoms with Crippen LogP contribution in [0.2, 0.25) is 0 Å². The molecular weight excluding hydrogens is 1060 g/mol. The molecule has 0 rings (SSSR count). The molecule has 0 aromatic carbocycles. The quantitative estimate of drug-likeness (QED) is 0.0195. The molecule has 0 bridgehead atoms. The van der Waals surface area contributed by atoms with Gasteiger partial charge in [0.2, 0.25) is 0 Å². The van der Waals surface area contributed by atoms with Crippen LogP contribution in [0.4, 0.5) is 0 Å². The summed E-state index contributed by atoms with van der Waals surface area (Å²) in [7, 11) is 1.17. The molecule has 0 aliphatic carbocycles. The van der Waals surface area contributed by atoms with Crippen LogP contribution in [0.25, 0.3) is 0 Å². The zero-order valence-electron chi connectivity index (χ0n) is 56.4. The van der Waals surface area contributed by atoms with E-state index in [9.17, 15) is 19.0 Å². The van der Waals surface area contributed by atoms with E-state index >= 15 is 0 Å². The minimum atomic E-state index is -4.64. The van der Waals surface area contributed by atoms with Crippen molar-refractivity contribution in [2.45, 2.75) is 367 Å². The molecule has 0 spiro atoms. The number of allylic oxidation sites excluding steroid dienone is 8. The van der Waals surface area contributed by atoms with Crippen molar-refractivity contribution in [3.8, 4) is 0 Å². The Morgan fingerprint density at radius 2 is 0.679 bits per heavy atom. The third kappa shape index (κ3) is 69.1. The summed E-state index contributed by atoms with van der Waals surface area (Å²) in [5.74, 6) is -0.828. The van der Waals surface area contributed by atoms with Crippen molar-refractivity contribution < 1.29 is 42.1 Å². The Morgan fingerprint density at radius 1 is 0.381 bits per heavy atom. The number of phosphoric acid groups is 1. The lowest BCUT2D eigenvalue weighted by atomic mass is 10.0.